The van der Waals surface area contributed by atoms with Gasteiger partial charge in [-0.25, -0.2) is 5.48 Å². The summed E-state index contributed by atoms with van der Waals surface area (Å²) in [5, 5.41) is 27.3. The standard InChI is InChI=1S/C28H27ClN4O5.CH4/c1-18(34)26(28(37)33-38)32-27(36)22-10-4-19(5-11-22)2-3-20-8-14-24(15-9-20)31-25(35)17-30-16-21-6-12-23(29)13-7-21;/h4-15,18,26,30,34,38H,16-17H2,1H3,(H,31,35)(H,32,36)(H,33,37);1H4/t18-,26+;/m1./s1. The van der Waals surface area contributed by atoms with E-state index in [9.17, 15) is 19.5 Å². The predicted octanol–water partition coefficient (Wildman–Crippen LogP) is 3.09. The largest absolute Gasteiger partial charge is 0.391 e. The maximum Gasteiger partial charge on any atom is 0.268 e. The molecule has 0 aromatic heterocycles. The highest BCUT2D eigenvalue weighted by Gasteiger charge is 2.25. The Bertz CT molecular complexity index is 1320. The Kier molecular flexibility index (Phi) is 12.1. The van der Waals surface area contributed by atoms with E-state index in [4.69, 9.17) is 16.8 Å². The molecule has 0 fully saturated rings. The lowest BCUT2D eigenvalue weighted by atomic mass is 10.1. The number of amides is 3. The molecule has 10 heteroatoms. The number of aliphatic hydroxyl groups is 1. The van der Waals surface area contributed by atoms with E-state index in [2.05, 4.69) is 27.8 Å². The van der Waals surface area contributed by atoms with Gasteiger partial charge in [-0.3, -0.25) is 19.6 Å². The van der Waals surface area contributed by atoms with Crippen molar-refractivity contribution in [3.63, 3.8) is 0 Å². The number of hydrogen-bond acceptors (Lipinski definition) is 6. The fourth-order valence-electron chi connectivity index (χ4n) is 3.31. The Morgan fingerprint density at radius 1 is 0.897 bits per heavy atom. The molecule has 3 aromatic carbocycles. The van der Waals surface area contributed by atoms with Gasteiger partial charge in [0, 0.05) is 33.9 Å². The second-order valence-electron chi connectivity index (χ2n) is 8.35. The van der Waals surface area contributed by atoms with Gasteiger partial charge in [-0.2, -0.15) is 0 Å². The van der Waals surface area contributed by atoms with Gasteiger partial charge < -0.3 is 21.1 Å². The zero-order valence-electron chi connectivity index (χ0n) is 20.5. The first-order chi connectivity index (χ1) is 18.2. The van der Waals surface area contributed by atoms with Crippen LogP contribution in [0, 0.1) is 11.8 Å². The van der Waals surface area contributed by atoms with Crippen molar-refractivity contribution in [3.05, 3.63) is 100 Å². The lowest BCUT2D eigenvalue weighted by molar-refractivity contribution is -0.133. The van der Waals surface area contributed by atoms with Crippen molar-refractivity contribution >= 4 is 35.0 Å². The summed E-state index contributed by atoms with van der Waals surface area (Å²) >= 11 is 5.87. The molecule has 0 unspecified atom stereocenters. The Labute approximate surface area is 232 Å². The summed E-state index contributed by atoms with van der Waals surface area (Å²) in [4.78, 5) is 36.1. The number of aliphatic hydroxyl groups excluding tert-OH is 1. The minimum atomic E-state index is -1.30. The summed E-state index contributed by atoms with van der Waals surface area (Å²) in [6, 6.07) is 19.6. The third kappa shape index (κ3) is 9.89. The number of benzene rings is 3. The smallest absolute Gasteiger partial charge is 0.268 e. The Hall–Kier alpha value is -4.20. The van der Waals surface area contributed by atoms with Gasteiger partial charge in [-0.1, -0.05) is 43.0 Å². The van der Waals surface area contributed by atoms with Crippen molar-refractivity contribution in [2.45, 2.75) is 33.0 Å². The minimum Gasteiger partial charge on any atom is -0.391 e. The molecule has 0 aliphatic rings. The first kappa shape index (κ1) is 31.0. The number of halogens is 1. The first-order valence-electron chi connectivity index (χ1n) is 11.6. The number of nitrogens with one attached hydrogen (secondary N) is 4. The Balaban J connectivity index is 0.00000533. The van der Waals surface area contributed by atoms with Crippen molar-refractivity contribution in [2.24, 2.45) is 0 Å². The van der Waals surface area contributed by atoms with E-state index >= 15 is 0 Å². The summed E-state index contributed by atoms with van der Waals surface area (Å²) in [5.41, 5.74) is 4.74. The minimum absolute atomic E-state index is 0. The van der Waals surface area contributed by atoms with Gasteiger partial charge in [0.05, 0.1) is 12.6 Å². The van der Waals surface area contributed by atoms with Gasteiger partial charge in [-0.05, 0) is 73.2 Å². The van der Waals surface area contributed by atoms with E-state index in [1.807, 2.05) is 12.1 Å². The second kappa shape index (κ2) is 15.3. The fourth-order valence-corrected chi connectivity index (χ4v) is 3.44. The van der Waals surface area contributed by atoms with Crippen LogP contribution < -0.4 is 21.4 Å². The molecule has 39 heavy (non-hydrogen) atoms. The van der Waals surface area contributed by atoms with Crippen LogP contribution >= 0.6 is 11.6 Å². The van der Waals surface area contributed by atoms with Crippen LogP contribution in [0.25, 0.3) is 0 Å². The molecule has 6 N–H and O–H groups in total. The van der Waals surface area contributed by atoms with Gasteiger partial charge >= 0.3 is 0 Å². The van der Waals surface area contributed by atoms with Crippen LogP contribution in [0.5, 0.6) is 0 Å². The van der Waals surface area contributed by atoms with Gasteiger partial charge in [0.25, 0.3) is 11.8 Å². The number of carbonyl (C=O) groups is 3. The van der Waals surface area contributed by atoms with Crippen LogP contribution in [0.15, 0.2) is 72.8 Å². The lowest BCUT2D eigenvalue weighted by Gasteiger charge is -2.19. The topological polar surface area (TPSA) is 140 Å². The van der Waals surface area contributed by atoms with E-state index in [1.54, 1.807) is 48.5 Å². The van der Waals surface area contributed by atoms with Gasteiger partial charge in [-0.15, -0.1) is 0 Å². The molecule has 0 saturated heterocycles. The van der Waals surface area contributed by atoms with E-state index in [-0.39, 0.29) is 25.4 Å². The maximum atomic E-state index is 12.4. The van der Waals surface area contributed by atoms with E-state index in [1.165, 1.54) is 24.5 Å². The van der Waals surface area contributed by atoms with Crippen LogP contribution in [0.3, 0.4) is 0 Å². The summed E-state index contributed by atoms with van der Waals surface area (Å²) in [6.07, 6.45) is -1.20. The predicted molar refractivity (Wildman–Crippen MR) is 150 cm³/mol. The molecule has 0 heterocycles. The highest BCUT2D eigenvalue weighted by molar-refractivity contribution is 6.30. The molecule has 204 valence electrons. The number of anilines is 1. The van der Waals surface area contributed by atoms with Crippen molar-refractivity contribution < 1.29 is 24.7 Å². The van der Waals surface area contributed by atoms with Crippen molar-refractivity contribution in [1.29, 1.82) is 0 Å². The fraction of sp³-hybridized carbons (Fsp3) is 0.207. The van der Waals surface area contributed by atoms with Crippen LogP contribution in [0.1, 0.15) is 41.4 Å². The van der Waals surface area contributed by atoms with E-state index < -0.39 is 24.0 Å². The molecule has 2 atom stereocenters. The van der Waals surface area contributed by atoms with E-state index in [0.29, 0.717) is 22.8 Å². The maximum absolute atomic E-state index is 12.4. The number of carbonyl (C=O) groups excluding carboxylic acids is 3. The van der Waals surface area contributed by atoms with Crippen molar-refractivity contribution in [1.82, 2.24) is 16.1 Å². The number of rotatable bonds is 9. The highest BCUT2D eigenvalue weighted by Crippen LogP contribution is 2.11. The summed E-state index contributed by atoms with van der Waals surface area (Å²) in [7, 11) is 0. The molecular weight excluding hydrogens is 520 g/mol. The molecule has 0 aliphatic heterocycles. The molecule has 0 bridgehead atoms. The van der Waals surface area contributed by atoms with Crippen LogP contribution in [-0.4, -0.2) is 46.7 Å². The Morgan fingerprint density at radius 2 is 1.46 bits per heavy atom. The van der Waals surface area contributed by atoms with Crippen molar-refractivity contribution in [3.8, 4) is 11.8 Å². The molecule has 0 aliphatic carbocycles. The first-order valence-corrected chi connectivity index (χ1v) is 12.0. The molecule has 3 rings (SSSR count). The zero-order chi connectivity index (χ0) is 27.5. The van der Waals surface area contributed by atoms with Gasteiger partial charge in [0.1, 0.15) is 6.04 Å². The highest BCUT2D eigenvalue weighted by atomic mass is 35.5. The van der Waals surface area contributed by atoms with E-state index in [0.717, 1.165) is 11.1 Å². The van der Waals surface area contributed by atoms with Crippen molar-refractivity contribution in [2.75, 3.05) is 11.9 Å². The molecular formula is C29H31ClN4O5. The summed E-state index contributed by atoms with van der Waals surface area (Å²) in [5.74, 6) is 4.34. The molecule has 0 radical (unpaired) electrons. The second-order valence-corrected chi connectivity index (χ2v) is 8.79. The monoisotopic (exact) mass is 550 g/mol. The van der Waals surface area contributed by atoms with Crippen LogP contribution in [0.2, 0.25) is 5.02 Å². The number of hydrogen-bond donors (Lipinski definition) is 6. The van der Waals surface area contributed by atoms with Crippen LogP contribution in [-0.2, 0) is 16.1 Å². The van der Waals surface area contributed by atoms with Crippen LogP contribution in [0.4, 0.5) is 5.69 Å². The molecule has 0 spiro atoms. The third-order valence-corrected chi connectivity index (χ3v) is 5.61. The number of hydroxylamine groups is 1. The lowest BCUT2D eigenvalue weighted by Crippen LogP contribution is -2.51. The normalized spacial score (nSPS) is 11.6. The molecule has 3 aromatic rings. The average molecular weight is 551 g/mol. The molecule has 3 amide bonds. The summed E-state index contributed by atoms with van der Waals surface area (Å²) in [6.45, 7) is 2.03. The van der Waals surface area contributed by atoms with Gasteiger partial charge in [0.2, 0.25) is 5.91 Å². The summed E-state index contributed by atoms with van der Waals surface area (Å²) < 4.78 is 0. The zero-order valence-corrected chi connectivity index (χ0v) is 21.3. The molecule has 9 nitrogen and oxygen atoms in total. The van der Waals surface area contributed by atoms with Gasteiger partial charge in [0.15, 0.2) is 0 Å². The Morgan fingerprint density at radius 3 is 2.00 bits per heavy atom. The third-order valence-electron chi connectivity index (χ3n) is 5.36. The average Bonchev–Trinajstić information content (AvgIpc) is 2.92. The SMILES string of the molecule is C.C[C@@H](O)[C@H](NC(=O)c1ccc(C#Cc2ccc(NC(=O)CNCc3ccc(Cl)cc3)cc2)cc1)C(=O)NO. The molecule has 0 saturated carbocycles. The quantitative estimate of drug-likeness (QED) is 0.137.